The zero-order chi connectivity index (χ0) is 22.9. The van der Waals surface area contributed by atoms with E-state index in [-0.39, 0.29) is 22.8 Å². The van der Waals surface area contributed by atoms with Gasteiger partial charge in [-0.05, 0) is 28.8 Å². The summed E-state index contributed by atoms with van der Waals surface area (Å²) < 4.78 is 38.8. The van der Waals surface area contributed by atoms with Crippen LogP contribution in [0.5, 0.6) is 5.75 Å². The number of benzene rings is 2. The fourth-order valence-electron chi connectivity index (χ4n) is 3.62. The van der Waals surface area contributed by atoms with Crippen molar-refractivity contribution in [1.82, 2.24) is 0 Å². The minimum atomic E-state index is -1.91. The number of rotatable bonds is 6. The van der Waals surface area contributed by atoms with E-state index < -0.39 is 54.9 Å². The predicted octanol–water partition coefficient (Wildman–Crippen LogP) is 1.09. The van der Waals surface area contributed by atoms with Crippen LogP contribution in [-0.2, 0) is 11.2 Å². The maximum absolute atomic E-state index is 14.4. The summed E-state index contributed by atoms with van der Waals surface area (Å²) in [5.41, 5.74) is -1.23. The van der Waals surface area contributed by atoms with Crippen molar-refractivity contribution in [3.63, 3.8) is 0 Å². The second-order valence-electron chi connectivity index (χ2n) is 7.43. The molecule has 1 saturated heterocycles. The quantitative estimate of drug-likeness (QED) is 0.438. The van der Waals surface area contributed by atoms with Gasteiger partial charge >= 0.3 is 0 Å². The summed E-state index contributed by atoms with van der Waals surface area (Å²) in [5, 5.41) is 50.3. The highest BCUT2D eigenvalue weighted by Gasteiger charge is 2.53. The van der Waals surface area contributed by atoms with Gasteiger partial charge in [-0.15, -0.1) is 0 Å². The van der Waals surface area contributed by atoms with Crippen LogP contribution in [0.1, 0.15) is 22.8 Å². The molecule has 3 rings (SSSR count). The summed E-state index contributed by atoms with van der Waals surface area (Å²) in [6, 6.07) is 7.05. The van der Waals surface area contributed by atoms with Crippen LogP contribution in [-0.4, -0.2) is 69.8 Å². The predicted molar refractivity (Wildman–Crippen MR) is 106 cm³/mol. The second kappa shape index (κ2) is 9.33. The molecule has 31 heavy (non-hydrogen) atoms. The lowest BCUT2D eigenvalue weighted by molar-refractivity contribution is -0.289. The Kier molecular flexibility index (Phi) is 7.17. The third-order valence-electron chi connectivity index (χ3n) is 5.55. The van der Waals surface area contributed by atoms with Gasteiger partial charge < -0.3 is 35.0 Å². The molecule has 0 saturated carbocycles. The molecule has 1 aliphatic heterocycles. The first-order valence-electron chi connectivity index (χ1n) is 9.42. The Labute approximate surface area is 182 Å². The van der Waals surface area contributed by atoms with E-state index in [4.69, 9.17) is 21.1 Å². The highest BCUT2D eigenvalue weighted by Crippen LogP contribution is 2.39. The molecule has 0 aliphatic carbocycles. The average molecular weight is 461 g/mol. The van der Waals surface area contributed by atoms with Crippen LogP contribution in [0.25, 0.3) is 0 Å². The van der Waals surface area contributed by atoms with Crippen molar-refractivity contribution in [3.8, 4) is 5.75 Å². The van der Waals surface area contributed by atoms with E-state index in [0.29, 0.717) is 11.1 Å². The molecular formula is C21H23ClF2O7. The second-order valence-corrected chi connectivity index (χ2v) is 7.84. The van der Waals surface area contributed by atoms with Gasteiger partial charge in [0.25, 0.3) is 0 Å². The molecule has 0 bridgehead atoms. The fourth-order valence-corrected chi connectivity index (χ4v) is 3.81. The van der Waals surface area contributed by atoms with E-state index in [9.17, 15) is 34.3 Å². The molecule has 4 unspecified atom stereocenters. The van der Waals surface area contributed by atoms with E-state index in [2.05, 4.69) is 0 Å². The van der Waals surface area contributed by atoms with Gasteiger partial charge in [0, 0.05) is 11.4 Å². The Morgan fingerprint density at radius 2 is 1.68 bits per heavy atom. The Bertz CT molecular complexity index is 938. The number of hydrogen-bond acceptors (Lipinski definition) is 7. The van der Waals surface area contributed by atoms with Crippen molar-refractivity contribution < 1.29 is 43.8 Å². The van der Waals surface area contributed by atoms with Gasteiger partial charge in [-0.3, -0.25) is 0 Å². The van der Waals surface area contributed by atoms with Crippen LogP contribution < -0.4 is 4.74 Å². The molecule has 2 aromatic carbocycles. The van der Waals surface area contributed by atoms with E-state index >= 15 is 0 Å². The molecule has 5 N–H and O–H groups in total. The van der Waals surface area contributed by atoms with Crippen LogP contribution in [0.4, 0.5) is 8.78 Å². The fraction of sp³-hybridized carbons (Fsp3) is 0.429. The Balaban J connectivity index is 1.96. The summed E-state index contributed by atoms with van der Waals surface area (Å²) in [5.74, 6) is -2.46. The first-order chi connectivity index (χ1) is 14.7. The van der Waals surface area contributed by atoms with Crippen LogP contribution in [0.2, 0.25) is 5.02 Å². The number of halogens is 3. The minimum absolute atomic E-state index is 0.0120. The summed E-state index contributed by atoms with van der Waals surface area (Å²) >= 11 is 6.22. The normalized spacial score (nSPS) is 25.5. The molecule has 2 aromatic rings. The molecule has 10 heteroatoms. The zero-order valence-electron chi connectivity index (χ0n) is 16.5. The van der Waals surface area contributed by atoms with Gasteiger partial charge in [0.2, 0.25) is 5.82 Å². The lowest BCUT2D eigenvalue weighted by atomic mass is 9.83. The first kappa shape index (κ1) is 23.8. The molecule has 1 heterocycles. The lowest BCUT2D eigenvalue weighted by Crippen LogP contribution is -2.65. The molecule has 4 atom stereocenters. The highest BCUT2D eigenvalue weighted by molar-refractivity contribution is 6.31. The number of aliphatic hydroxyl groups excluding tert-OH is 5. The monoisotopic (exact) mass is 460 g/mol. The van der Waals surface area contributed by atoms with Gasteiger partial charge in [0.1, 0.15) is 30.0 Å². The molecule has 0 amide bonds. The van der Waals surface area contributed by atoms with Gasteiger partial charge in [0.15, 0.2) is 11.6 Å². The molecule has 1 fully saturated rings. The van der Waals surface area contributed by atoms with Gasteiger partial charge in [-0.1, -0.05) is 29.8 Å². The Hall–Kier alpha value is -1.85. The maximum atomic E-state index is 14.4. The van der Waals surface area contributed by atoms with Crippen molar-refractivity contribution in [2.45, 2.75) is 36.4 Å². The molecule has 0 aromatic heterocycles. The summed E-state index contributed by atoms with van der Waals surface area (Å²) in [4.78, 5) is 0. The first-order valence-corrected chi connectivity index (χ1v) is 9.79. The van der Waals surface area contributed by atoms with E-state index in [1.807, 2.05) is 0 Å². The van der Waals surface area contributed by atoms with Gasteiger partial charge in [0.05, 0.1) is 20.3 Å². The molecule has 0 spiro atoms. The zero-order valence-corrected chi connectivity index (χ0v) is 17.3. The van der Waals surface area contributed by atoms with Crippen LogP contribution in [0, 0.1) is 11.6 Å². The van der Waals surface area contributed by atoms with E-state index in [1.165, 1.54) is 37.4 Å². The average Bonchev–Trinajstić information content (AvgIpc) is 2.78. The smallest absolute Gasteiger partial charge is 0.200 e. The van der Waals surface area contributed by atoms with E-state index in [0.717, 1.165) is 0 Å². The van der Waals surface area contributed by atoms with Crippen molar-refractivity contribution >= 4 is 11.6 Å². The number of ether oxygens (including phenoxy) is 2. The van der Waals surface area contributed by atoms with Crippen LogP contribution in [0.15, 0.2) is 30.3 Å². The van der Waals surface area contributed by atoms with Crippen molar-refractivity contribution in [1.29, 1.82) is 0 Å². The Morgan fingerprint density at radius 3 is 2.29 bits per heavy atom. The minimum Gasteiger partial charge on any atom is -0.494 e. The standard InChI is InChI=1S/C21H23ClF2O7/c1-30-14-5-3-10(15(23)16(14)24)6-12-7-11(2-4-13(12)22)19-17(27)18(28)20(29)21(8-25,9-26)31-19/h2-5,7,17-20,25-29H,6,8-9H2,1H3. The number of hydrogen-bond donors (Lipinski definition) is 5. The Morgan fingerprint density at radius 1 is 1.00 bits per heavy atom. The molecule has 170 valence electrons. The number of methoxy groups -OCH3 is 1. The third kappa shape index (κ3) is 4.27. The van der Waals surface area contributed by atoms with E-state index in [1.54, 1.807) is 0 Å². The summed E-state index contributed by atoms with van der Waals surface area (Å²) in [6.45, 7) is -1.64. The lowest BCUT2D eigenvalue weighted by Gasteiger charge is -2.47. The van der Waals surface area contributed by atoms with Crippen LogP contribution >= 0.6 is 11.6 Å². The van der Waals surface area contributed by atoms with Gasteiger partial charge in [-0.2, -0.15) is 4.39 Å². The molecule has 7 nitrogen and oxygen atoms in total. The van der Waals surface area contributed by atoms with Crippen LogP contribution in [0.3, 0.4) is 0 Å². The van der Waals surface area contributed by atoms with Crippen molar-refractivity contribution in [2.75, 3.05) is 20.3 Å². The summed E-state index contributed by atoms with van der Waals surface area (Å²) in [6.07, 6.45) is -6.39. The highest BCUT2D eigenvalue weighted by atomic mass is 35.5. The number of aliphatic hydroxyl groups is 5. The molecular weight excluding hydrogens is 438 g/mol. The molecule has 1 aliphatic rings. The topological polar surface area (TPSA) is 120 Å². The van der Waals surface area contributed by atoms with Crippen molar-refractivity contribution in [3.05, 3.63) is 63.7 Å². The van der Waals surface area contributed by atoms with Crippen molar-refractivity contribution in [2.24, 2.45) is 0 Å². The maximum Gasteiger partial charge on any atom is 0.200 e. The third-order valence-corrected chi connectivity index (χ3v) is 5.91. The summed E-state index contributed by atoms with van der Waals surface area (Å²) in [7, 11) is 1.22. The SMILES string of the molecule is COc1ccc(Cc2cc(C3OC(CO)(CO)C(O)C(O)C3O)ccc2Cl)c(F)c1F. The largest absolute Gasteiger partial charge is 0.494 e. The van der Waals surface area contributed by atoms with Gasteiger partial charge in [-0.25, -0.2) is 4.39 Å². The molecule has 0 radical (unpaired) electrons.